The van der Waals surface area contributed by atoms with E-state index in [0.29, 0.717) is 6.04 Å². The summed E-state index contributed by atoms with van der Waals surface area (Å²) in [6.45, 7) is 0.888. The number of amides is 1. The molecule has 2 rings (SSSR count). The molecule has 2 aliphatic rings. The second-order valence-electron chi connectivity index (χ2n) is 4.06. The van der Waals surface area contributed by atoms with Crippen molar-refractivity contribution in [2.75, 3.05) is 13.7 Å². The van der Waals surface area contributed by atoms with Crippen molar-refractivity contribution in [2.45, 2.75) is 42.7 Å². The fraction of sp³-hybridized carbons (Fsp3) is 0.900. The van der Waals surface area contributed by atoms with Gasteiger partial charge in [-0.05, 0) is 25.7 Å². The first kappa shape index (κ1) is 10.4. The van der Waals surface area contributed by atoms with E-state index in [1.807, 2.05) is 4.90 Å². The van der Waals surface area contributed by atoms with Crippen LogP contribution in [0.1, 0.15) is 25.7 Å². The Bertz CT molecular complexity index is 234. The summed E-state index contributed by atoms with van der Waals surface area (Å²) in [5, 5.41) is 0. The summed E-state index contributed by atoms with van der Waals surface area (Å²) in [6, 6.07) is 0.329. The van der Waals surface area contributed by atoms with Crippen molar-refractivity contribution in [3.05, 3.63) is 0 Å². The topological polar surface area (TPSA) is 29.5 Å². The number of hydrogen-bond acceptors (Lipinski definition) is 2. The van der Waals surface area contributed by atoms with Gasteiger partial charge in [0.05, 0.1) is 17.0 Å². The number of hydrogen-bond donors (Lipinski definition) is 0. The first-order valence-electron chi connectivity index (χ1n) is 5.21. The van der Waals surface area contributed by atoms with Gasteiger partial charge in [0.25, 0.3) is 0 Å². The Balaban J connectivity index is 2.04. The highest BCUT2D eigenvalue weighted by atomic mass is 79.9. The van der Waals surface area contributed by atoms with Gasteiger partial charge in [0, 0.05) is 13.7 Å². The number of nitrogens with zero attached hydrogens (tertiary/aromatic N) is 1. The number of halogens is 1. The molecule has 1 saturated carbocycles. The lowest BCUT2D eigenvalue weighted by Crippen LogP contribution is -2.42. The molecule has 0 aromatic heterocycles. The lowest BCUT2D eigenvalue weighted by atomic mass is 10.2. The Morgan fingerprint density at radius 2 is 2.21 bits per heavy atom. The van der Waals surface area contributed by atoms with Crippen LogP contribution in [0, 0.1) is 0 Å². The molecule has 1 aliphatic carbocycles. The van der Waals surface area contributed by atoms with Crippen molar-refractivity contribution in [1.29, 1.82) is 0 Å². The van der Waals surface area contributed by atoms with Crippen molar-refractivity contribution >= 4 is 21.8 Å². The second kappa shape index (κ2) is 4.19. The molecule has 2 fully saturated rings. The number of alkyl halides is 1. The maximum absolute atomic E-state index is 11.8. The Kier molecular flexibility index (Phi) is 3.12. The molecule has 1 heterocycles. The van der Waals surface area contributed by atoms with Crippen LogP contribution in [-0.4, -0.2) is 41.4 Å². The van der Waals surface area contributed by atoms with Crippen LogP contribution in [0.3, 0.4) is 0 Å². The lowest BCUT2D eigenvalue weighted by molar-refractivity contribution is -0.131. The lowest BCUT2D eigenvalue weighted by Gasteiger charge is -2.28. The predicted octanol–water partition coefficient (Wildman–Crippen LogP) is 1.55. The number of likely N-dealkylation sites (tertiary alicyclic amines) is 1. The maximum atomic E-state index is 11.8. The molecule has 4 heteroatoms. The standard InChI is InChI=1S/C10H16BrNO2/c1-14-9-4-2-3-8(9)12-6-5-7(11)10(12)13/h7-9H,2-6H2,1H3. The minimum atomic E-state index is 0.0422. The molecule has 0 spiro atoms. The molecule has 1 amide bonds. The SMILES string of the molecule is COC1CCCC1N1CCC(Br)C1=O. The van der Waals surface area contributed by atoms with Crippen molar-refractivity contribution < 1.29 is 9.53 Å². The van der Waals surface area contributed by atoms with Gasteiger partial charge in [0.1, 0.15) is 0 Å². The van der Waals surface area contributed by atoms with Gasteiger partial charge in [-0.25, -0.2) is 0 Å². The molecule has 80 valence electrons. The van der Waals surface area contributed by atoms with Crippen LogP contribution in [0.25, 0.3) is 0 Å². The monoisotopic (exact) mass is 261 g/mol. The summed E-state index contributed by atoms with van der Waals surface area (Å²) in [4.78, 5) is 13.8. The highest BCUT2D eigenvalue weighted by molar-refractivity contribution is 9.10. The first-order valence-corrected chi connectivity index (χ1v) is 6.13. The normalized spacial score (nSPS) is 38.3. The highest BCUT2D eigenvalue weighted by Gasteiger charge is 2.40. The van der Waals surface area contributed by atoms with E-state index in [-0.39, 0.29) is 16.8 Å². The summed E-state index contributed by atoms with van der Waals surface area (Å²) in [7, 11) is 1.75. The fourth-order valence-electron chi connectivity index (χ4n) is 2.53. The van der Waals surface area contributed by atoms with Crippen molar-refractivity contribution in [3.63, 3.8) is 0 Å². The number of ether oxygens (including phenoxy) is 1. The van der Waals surface area contributed by atoms with Gasteiger partial charge in [0.15, 0.2) is 0 Å². The maximum Gasteiger partial charge on any atom is 0.236 e. The van der Waals surface area contributed by atoms with Gasteiger partial charge in [-0.3, -0.25) is 4.79 Å². The van der Waals surface area contributed by atoms with Gasteiger partial charge in [0.2, 0.25) is 5.91 Å². The molecule has 0 aromatic rings. The van der Waals surface area contributed by atoms with E-state index >= 15 is 0 Å². The molecule has 0 N–H and O–H groups in total. The molecule has 3 atom stereocenters. The van der Waals surface area contributed by atoms with E-state index in [2.05, 4.69) is 15.9 Å². The third-order valence-corrected chi connectivity index (χ3v) is 4.14. The van der Waals surface area contributed by atoms with Gasteiger partial charge in [-0.1, -0.05) is 15.9 Å². The van der Waals surface area contributed by atoms with Crippen molar-refractivity contribution in [3.8, 4) is 0 Å². The summed E-state index contributed by atoms with van der Waals surface area (Å²) in [5.41, 5.74) is 0. The van der Waals surface area contributed by atoms with Gasteiger partial charge in [-0.2, -0.15) is 0 Å². The third kappa shape index (κ3) is 1.70. The van der Waals surface area contributed by atoms with E-state index < -0.39 is 0 Å². The number of carbonyl (C=O) groups excluding carboxylic acids is 1. The molecule has 1 saturated heterocycles. The van der Waals surface area contributed by atoms with E-state index in [4.69, 9.17) is 4.74 Å². The Labute approximate surface area is 92.9 Å². The van der Waals surface area contributed by atoms with Gasteiger partial charge in [-0.15, -0.1) is 0 Å². The first-order chi connectivity index (χ1) is 6.74. The van der Waals surface area contributed by atoms with Crippen LogP contribution in [-0.2, 0) is 9.53 Å². The second-order valence-corrected chi connectivity index (χ2v) is 5.17. The molecule has 14 heavy (non-hydrogen) atoms. The zero-order valence-corrected chi connectivity index (χ0v) is 10.00. The van der Waals surface area contributed by atoms with E-state index in [0.717, 1.165) is 25.8 Å². The summed E-state index contributed by atoms with van der Waals surface area (Å²) >= 11 is 3.40. The molecule has 0 aromatic carbocycles. The molecule has 3 nitrogen and oxygen atoms in total. The molecule has 0 radical (unpaired) electrons. The molecule has 1 aliphatic heterocycles. The average molecular weight is 262 g/mol. The average Bonchev–Trinajstić information content (AvgIpc) is 2.75. The quantitative estimate of drug-likeness (QED) is 0.707. The molecule has 3 unspecified atom stereocenters. The number of methoxy groups -OCH3 is 1. The molecule has 0 bridgehead atoms. The number of carbonyl (C=O) groups is 1. The van der Waals surface area contributed by atoms with Gasteiger partial charge >= 0.3 is 0 Å². The Hall–Kier alpha value is -0.0900. The Morgan fingerprint density at radius 1 is 1.43 bits per heavy atom. The smallest absolute Gasteiger partial charge is 0.236 e. The highest BCUT2D eigenvalue weighted by Crippen LogP contribution is 2.31. The van der Waals surface area contributed by atoms with Crippen LogP contribution in [0.5, 0.6) is 0 Å². The van der Waals surface area contributed by atoms with E-state index in [1.54, 1.807) is 7.11 Å². The summed E-state index contributed by atoms with van der Waals surface area (Å²) < 4.78 is 5.41. The van der Waals surface area contributed by atoms with Crippen LogP contribution in [0.2, 0.25) is 0 Å². The van der Waals surface area contributed by atoms with Crippen LogP contribution in [0.4, 0.5) is 0 Å². The predicted molar refractivity (Wildman–Crippen MR) is 57.5 cm³/mol. The van der Waals surface area contributed by atoms with Crippen molar-refractivity contribution in [2.24, 2.45) is 0 Å². The van der Waals surface area contributed by atoms with Crippen molar-refractivity contribution in [1.82, 2.24) is 4.90 Å². The van der Waals surface area contributed by atoms with E-state index in [9.17, 15) is 4.79 Å². The largest absolute Gasteiger partial charge is 0.379 e. The fourth-order valence-corrected chi connectivity index (χ4v) is 3.00. The summed E-state index contributed by atoms with van der Waals surface area (Å²) in [6.07, 6.45) is 4.57. The number of rotatable bonds is 2. The summed E-state index contributed by atoms with van der Waals surface area (Å²) in [5.74, 6) is 0.249. The minimum Gasteiger partial charge on any atom is -0.379 e. The Morgan fingerprint density at radius 3 is 2.79 bits per heavy atom. The molecular weight excluding hydrogens is 246 g/mol. The van der Waals surface area contributed by atoms with E-state index in [1.165, 1.54) is 6.42 Å². The zero-order valence-electron chi connectivity index (χ0n) is 8.41. The molecular formula is C10H16BrNO2. The van der Waals surface area contributed by atoms with Crippen LogP contribution >= 0.6 is 15.9 Å². The van der Waals surface area contributed by atoms with Gasteiger partial charge < -0.3 is 9.64 Å². The third-order valence-electron chi connectivity index (χ3n) is 3.30. The zero-order chi connectivity index (χ0) is 10.1. The van der Waals surface area contributed by atoms with Crippen LogP contribution < -0.4 is 0 Å². The minimum absolute atomic E-state index is 0.0422. The van der Waals surface area contributed by atoms with Crippen LogP contribution in [0.15, 0.2) is 0 Å².